The van der Waals surface area contributed by atoms with Gasteiger partial charge in [0, 0.05) is 5.69 Å². The van der Waals surface area contributed by atoms with Crippen molar-refractivity contribution in [1.29, 1.82) is 0 Å². The van der Waals surface area contributed by atoms with Crippen LogP contribution in [0.3, 0.4) is 0 Å². The van der Waals surface area contributed by atoms with Crippen molar-refractivity contribution < 1.29 is 14.3 Å². The molecule has 0 aliphatic rings. The first-order chi connectivity index (χ1) is 11.6. The second kappa shape index (κ2) is 8.21. The number of hydrazone groups is 1. The maximum absolute atomic E-state index is 12.0. The van der Waals surface area contributed by atoms with Crippen LogP contribution in [0.1, 0.15) is 22.8 Å². The first kappa shape index (κ1) is 17.6. The van der Waals surface area contributed by atoms with E-state index in [1.165, 1.54) is 13.3 Å². The normalized spacial score (nSPS) is 10.6. The largest absolute Gasteiger partial charge is 0.493 e. The molecule has 0 bridgehead atoms. The summed E-state index contributed by atoms with van der Waals surface area (Å²) in [6, 6.07) is 10.1. The molecule has 3 N–H and O–H groups in total. The number of halogens is 1. The maximum atomic E-state index is 12.0. The molecule has 7 heteroatoms. The SMILES string of the molecule is CCOc1c(Cl)cc(/C=N\NC(=O)c2ccccc2N)cc1OC. The van der Waals surface area contributed by atoms with E-state index in [-0.39, 0.29) is 0 Å². The second-order valence-corrected chi connectivity index (χ2v) is 5.16. The number of amides is 1. The number of para-hydroxylation sites is 1. The second-order valence-electron chi connectivity index (χ2n) is 4.75. The number of nitrogen functional groups attached to an aromatic ring is 1. The van der Waals surface area contributed by atoms with E-state index in [1.54, 1.807) is 36.4 Å². The molecule has 2 aromatic carbocycles. The third-order valence-electron chi connectivity index (χ3n) is 3.13. The van der Waals surface area contributed by atoms with Crippen LogP contribution < -0.4 is 20.6 Å². The average Bonchev–Trinajstić information content (AvgIpc) is 2.57. The van der Waals surface area contributed by atoms with Crippen LogP contribution >= 0.6 is 11.6 Å². The summed E-state index contributed by atoms with van der Waals surface area (Å²) in [5.74, 6) is 0.567. The molecule has 0 unspecified atom stereocenters. The Morgan fingerprint density at radius 1 is 1.38 bits per heavy atom. The lowest BCUT2D eigenvalue weighted by atomic mass is 10.2. The van der Waals surface area contributed by atoms with E-state index < -0.39 is 5.91 Å². The summed E-state index contributed by atoms with van der Waals surface area (Å²) in [5, 5.41) is 4.32. The van der Waals surface area contributed by atoms with Gasteiger partial charge < -0.3 is 15.2 Å². The third kappa shape index (κ3) is 4.17. The summed E-state index contributed by atoms with van der Waals surface area (Å²) in [7, 11) is 1.52. The molecule has 0 radical (unpaired) electrons. The zero-order valence-electron chi connectivity index (χ0n) is 13.4. The zero-order chi connectivity index (χ0) is 17.5. The van der Waals surface area contributed by atoms with E-state index in [0.717, 1.165) is 0 Å². The Labute approximate surface area is 145 Å². The molecule has 6 nitrogen and oxygen atoms in total. The van der Waals surface area contributed by atoms with E-state index in [2.05, 4.69) is 10.5 Å². The molecule has 0 atom stereocenters. The summed E-state index contributed by atoms with van der Waals surface area (Å²) >= 11 is 6.18. The van der Waals surface area contributed by atoms with Crippen LogP contribution in [-0.2, 0) is 0 Å². The van der Waals surface area contributed by atoms with Crippen LogP contribution in [0, 0.1) is 0 Å². The molecule has 2 rings (SSSR count). The molecule has 0 fully saturated rings. The van der Waals surface area contributed by atoms with Crippen LogP contribution in [0.15, 0.2) is 41.5 Å². The van der Waals surface area contributed by atoms with Crippen molar-refractivity contribution in [2.45, 2.75) is 6.92 Å². The minimum Gasteiger partial charge on any atom is -0.493 e. The minimum atomic E-state index is -0.395. The highest BCUT2D eigenvalue weighted by Gasteiger charge is 2.11. The Hall–Kier alpha value is -2.73. The van der Waals surface area contributed by atoms with Crippen molar-refractivity contribution in [2.24, 2.45) is 5.10 Å². The van der Waals surface area contributed by atoms with Gasteiger partial charge in [0.1, 0.15) is 0 Å². The van der Waals surface area contributed by atoms with E-state index in [4.69, 9.17) is 26.8 Å². The number of benzene rings is 2. The highest BCUT2D eigenvalue weighted by atomic mass is 35.5. The number of rotatable bonds is 6. The number of nitrogens with one attached hydrogen (secondary N) is 1. The van der Waals surface area contributed by atoms with Crippen molar-refractivity contribution in [3.63, 3.8) is 0 Å². The Bertz CT molecular complexity index is 763. The van der Waals surface area contributed by atoms with E-state index in [9.17, 15) is 4.79 Å². The molecule has 0 aromatic heterocycles. The van der Waals surface area contributed by atoms with Gasteiger partial charge in [-0.1, -0.05) is 23.7 Å². The van der Waals surface area contributed by atoms with Gasteiger partial charge in [-0.2, -0.15) is 5.10 Å². The van der Waals surface area contributed by atoms with Crippen molar-refractivity contribution >= 4 is 29.4 Å². The first-order valence-corrected chi connectivity index (χ1v) is 7.62. The number of carbonyl (C=O) groups excluding carboxylic acids is 1. The summed E-state index contributed by atoms with van der Waals surface area (Å²) < 4.78 is 10.7. The molecule has 0 aliphatic carbocycles. The predicted molar refractivity (Wildman–Crippen MR) is 95.1 cm³/mol. The number of nitrogens with zero attached hydrogens (tertiary/aromatic N) is 1. The fourth-order valence-corrected chi connectivity index (χ4v) is 2.30. The van der Waals surface area contributed by atoms with Gasteiger partial charge in [-0.15, -0.1) is 0 Å². The Balaban J connectivity index is 2.13. The lowest BCUT2D eigenvalue weighted by molar-refractivity contribution is 0.0956. The molecule has 1 amide bonds. The smallest absolute Gasteiger partial charge is 0.273 e. The number of methoxy groups -OCH3 is 1. The van der Waals surface area contributed by atoms with Crippen LogP contribution in [0.4, 0.5) is 5.69 Å². The van der Waals surface area contributed by atoms with Gasteiger partial charge in [-0.25, -0.2) is 5.43 Å². The summed E-state index contributed by atoms with van der Waals surface area (Å²) in [4.78, 5) is 12.0. The maximum Gasteiger partial charge on any atom is 0.273 e. The monoisotopic (exact) mass is 347 g/mol. The van der Waals surface area contributed by atoms with Gasteiger partial charge in [-0.3, -0.25) is 4.79 Å². The molecular weight excluding hydrogens is 330 g/mol. The molecule has 0 saturated carbocycles. The third-order valence-corrected chi connectivity index (χ3v) is 3.41. The van der Waals surface area contributed by atoms with Crippen LogP contribution in [0.25, 0.3) is 0 Å². The van der Waals surface area contributed by atoms with Gasteiger partial charge in [0.05, 0.1) is 30.5 Å². The molecule has 0 saturated heterocycles. The van der Waals surface area contributed by atoms with Gasteiger partial charge in [0.15, 0.2) is 11.5 Å². The van der Waals surface area contributed by atoms with Crippen LogP contribution in [0.5, 0.6) is 11.5 Å². The fraction of sp³-hybridized carbons (Fsp3) is 0.176. The quantitative estimate of drug-likeness (QED) is 0.477. The standard InChI is InChI=1S/C17H18ClN3O3/c1-3-24-16-13(18)8-11(9-15(16)23-2)10-20-21-17(22)12-6-4-5-7-14(12)19/h4-10H,3,19H2,1-2H3,(H,21,22)/b20-10-. The number of ether oxygens (including phenoxy) is 2. The van der Waals surface area contributed by atoms with Gasteiger partial charge in [0.25, 0.3) is 5.91 Å². The number of nitrogens with two attached hydrogens (primary N) is 1. The molecule has 0 spiro atoms. The number of hydrogen-bond donors (Lipinski definition) is 2. The molecular formula is C17H18ClN3O3. The average molecular weight is 348 g/mol. The highest BCUT2D eigenvalue weighted by molar-refractivity contribution is 6.32. The Morgan fingerprint density at radius 2 is 2.12 bits per heavy atom. The summed E-state index contributed by atoms with van der Waals surface area (Å²) in [6.07, 6.45) is 1.46. The van der Waals surface area contributed by atoms with E-state index >= 15 is 0 Å². The lowest BCUT2D eigenvalue weighted by Gasteiger charge is -2.11. The Morgan fingerprint density at radius 3 is 2.79 bits per heavy atom. The first-order valence-electron chi connectivity index (χ1n) is 7.25. The fourth-order valence-electron chi connectivity index (χ4n) is 2.03. The number of anilines is 1. The Kier molecular flexibility index (Phi) is 6.03. The van der Waals surface area contributed by atoms with Gasteiger partial charge >= 0.3 is 0 Å². The van der Waals surface area contributed by atoms with Gasteiger partial charge in [-0.05, 0) is 36.8 Å². The van der Waals surface area contributed by atoms with Crippen molar-refractivity contribution in [3.05, 3.63) is 52.5 Å². The van der Waals surface area contributed by atoms with Gasteiger partial charge in [0.2, 0.25) is 0 Å². The summed E-state index contributed by atoms with van der Waals surface area (Å²) in [6.45, 7) is 2.33. The molecule has 0 aliphatic heterocycles. The number of hydrogen-bond acceptors (Lipinski definition) is 5. The van der Waals surface area contributed by atoms with Crippen molar-refractivity contribution in [3.8, 4) is 11.5 Å². The van der Waals surface area contributed by atoms with E-state index in [1.807, 2.05) is 6.92 Å². The number of carbonyl (C=O) groups is 1. The zero-order valence-corrected chi connectivity index (χ0v) is 14.1. The van der Waals surface area contributed by atoms with Crippen LogP contribution in [-0.4, -0.2) is 25.8 Å². The highest BCUT2D eigenvalue weighted by Crippen LogP contribution is 2.35. The molecule has 2 aromatic rings. The van der Waals surface area contributed by atoms with E-state index in [0.29, 0.717) is 39.9 Å². The topological polar surface area (TPSA) is 85.9 Å². The molecule has 24 heavy (non-hydrogen) atoms. The van der Waals surface area contributed by atoms with Crippen molar-refractivity contribution in [1.82, 2.24) is 5.43 Å². The molecule has 126 valence electrons. The lowest BCUT2D eigenvalue weighted by Crippen LogP contribution is -2.19. The predicted octanol–water partition coefficient (Wildman–Crippen LogP) is 3.09. The van der Waals surface area contributed by atoms with Crippen molar-refractivity contribution in [2.75, 3.05) is 19.5 Å². The summed E-state index contributed by atoms with van der Waals surface area (Å²) in [5.41, 5.74) is 9.56. The van der Waals surface area contributed by atoms with Crippen LogP contribution in [0.2, 0.25) is 5.02 Å². The minimum absolute atomic E-state index is 0.358. The molecule has 0 heterocycles.